The van der Waals surface area contributed by atoms with E-state index >= 15 is 0 Å². The van der Waals surface area contributed by atoms with Crippen molar-refractivity contribution in [2.24, 2.45) is 5.73 Å². The van der Waals surface area contributed by atoms with Crippen molar-refractivity contribution < 1.29 is 9.53 Å². The SMILES string of the molecule is COc1ccc(Cl)cc1NCC(=O)N(CCN)CCc1ccccc1. The van der Waals surface area contributed by atoms with Crippen LogP contribution >= 0.6 is 11.6 Å². The van der Waals surface area contributed by atoms with E-state index in [-0.39, 0.29) is 12.5 Å². The molecule has 134 valence electrons. The van der Waals surface area contributed by atoms with E-state index in [0.29, 0.717) is 36.1 Å². The zero-order valence-corrected chi connectivity index (χ0v) is 15.1. The minimum Gasteiger partial charge on any atom is -0.495 e. The molecule has 0 atom stereocenters. The molecule has 0 aromatic heterocycles. The Morgan fingerprint density at radius 2 is 1.96 bits per heavy atom. The summed E-state index contributed by atoms with van der Waals surface area (Å²) in [6.45, 7) is 1.75. The molecule has 3 N–H and O–H groups in total. The summed E-state index contributed by atoms with van der Waals surface area (Å²) in [4.78, 5) is 14.3. The van der Waals surface area contributed by atoms with Gasteiger partial charge in [-0.1, -0.05) is 41.9 Å². The fourth-order valence-electron chi connectivity index (χ4n) is 2.53. The van der Waals surface area contributed by atoms with Crippen LogP contribution in [0.4, 0.5) is 5.69 Å². The largest absolute Gasteiger partial charge is 0.495 e. The first-order valence-corrected chi connectivity index (χ1v) is 8.61. The minimum absolute atomic E-state index is 0.0107. The second-order valence-corrected chi connectivity index (χ2v) is 6.04. The Labute approximate surface area is 153 Å². The fourth-order valence-corrected chi connectivity index (χ4v) is 2.70. The topological polar surface area (TPSA) is 67.6 Å². The molecule has 6 heteroatoms. The van der Waals surface area contributed by atoms with Gasteiger partial charge >= 0.3 is 0 Å². The van der Waals surface area contributed by atoms with Crippen LogP contribution in [0.5, 0.6) is 5.75 Å². The fraction of sp³-hybridized carbons (Fsp3) is 0.316. The number of ether oxygens (including phenoxy) is 1. The van der Waals surface area contributed by atoms with Crippen molar-refractivity contribution in [2.75, 3.05) is 38.6 Å². The van der Waals surface area contributed by atoms with Crippen molar-refractivity contribution >= 4 is 23.2 Å². The summed E-state index contributed by atoms with van der Waals surface area (Å²) in [6.07, 6.45) is 0.799. The molecule has 1 amide bonds. The standard InChI is InChI=1S/C19H24ClN3O2/c1-25-18-8-7-16(20)13-17(18)22-14-19(24)23(12-10-21)11-9-15-5-3-2-4-6-15/h2-8,13,22H,9-12,14,21H2,1H3. The number of hydrogen-bond donors (Lipinski definition) is 2. The minimum atomic E-state index is -0.0107. The first-order chi connectivity index (χ1) is 12.1. The molecule has 25 heavy (non-hydrogen) atoms. The predicted molar refractivity (Wildman–Crippen MR) is 102 cm³/mol. The molecule has 0 bridgehead atoms. The lowest BCUT2D eigenvalue weighted by Gasteiger charge is -2.23. The lowest BCUT2D eigenvalue weighted by molar-refractivity contribution is -0.129. The molecule has 0 spiro atoms. The molecule has 0 aliphatic carbocycles. The Bertz CT molecular complexity index is 680. The van der Waals surface area contributed by atoms with Crippen LogP contribution in [0.25, 0.3) is 0 Å². The molecule has 0 heterocycles. The number of nitrogens with one attached hydrogen (secondary N) is 1. The van der Waals surface area contributed by atoms with Gasteiger partial charge in [-0.15, -0.1) is 0 Å². The highest BCUT2D eigenvalue weighted by molar-refractivity contribution is 6.30. The Morgan fingerprint density at radius 1 is 1.20 bits per heavy atom. The average Bonchev–Trinajstić information content (AvgIpc) is 2.64. The van der Waals surface area contributed by atoms with Gasteiger partial charge in [-0.25, -0.2) is 0 Å². The first kappa shape index (κ1) is 19.1. The highest BCUT2D eigenvalue weighted by atomic mass is 35.5. The summed E-state index contributed by atoms with van der Waals surface area (Å²) in [5.41, 5.74) is 7.55. The maximum atomic E-state index is 12.5. The van der Waals surface area contributed by atoms with Gasteiger partial charge in [-0.2, -0.15) is 0 Å². The number of rotatable bonds is 9. The predicted octanol–water partition coefficient (Wildman–Crippen LogP) is 2.79. The van der Waals surface area contributed by atoms with Gasteiger partial charge in [0.05, 0.1) is 19.3 Å². The van der Waals surface area contributed by atoms with Crippen LogP contribution in [-0.2, 0) is 11.2 Å². The maximum Gasteiger partial charge on any atom is 0.241 e. The van der Waals surface area contributed by atoms with Gasteiger partial charge in [-0.05, 0) is 30.2 Å². The number of nitrogens with zero attached hydrogens (tertiary/aromatic N) is 1. The molecule has 2 rings (SSSR count). The van der Waals surface area contributed by atoms with E-state index in [2.05, 4.69) is 17.4 Å². The smallest absolute Gasteiger partial charge is 0.241 e. The number of anilines is 1. The van der Waals surface area contributed by atoms with E-state index in [9.17, 15) is 4.79 Å². The molecule has 0 aliphatic rings. The molecule has 0 saturated carbocycles. The lowest BCUT2D eigenvalue weighted by Crippen LogP contribution is -2.40. The van der Waals surface area contributed by atoms with Crippen LogP contribution in [0.15, 0.2) is 48.5 Å². The van der Waals surface area contributed by atoms with Crippen molar-refractivity contribution in [3.63, 3.8) is 0 Å². The number of halogens is 1. The normalized spacial score (nSPS) is 10.4. The molecular formula is C19H24ClN3O2. The number of amides is 1. The summed E-state index contributed by atoms with van der Waals surface area (Å²) in [5.74, 6) is 0.635. The van der Waals surface area contributed by atoms with Gasteiger partial charge in [0.2, 0.25) is 5.91 Å². The van der Waals surface area contributed by atoms with Crippen molar-refractivity contribution in [2.45, 2.75) is 6.42 Å². The number of carbonyl (C=O) groups is 1. The van der Waals surface area contributed by atoms with Crippen LogP contribution < -0.4 is 15.8 Å². The first-order valence-electron chi connectivity index (χ1n) is 8.23. The van der Waals surface area contributed by atoms with Crippen LogP contribution in [0, 0.1) is 0 Å². The van der Waals surface area contributed by atoms with Crippen molar-refractivity contribution in [1.82, 2.24) is 4.90 Å². The van der Waals surface area contributed by atoms with Gasteiger partial charge in [0, 0.05) is 24.7 Å². The number of carbonyl (C=O) groups excluding carboxylic acids is 1. The molecule has 2 aromatic carbocycles. The Morgan fingerprint density at radius 3 is 2.64 bits per heavy atom. The van der Waals surface area contributed by atoms with E-state index in [1.54, 1.807) is 30.2 Å². The molecule has 0 saturated heterocycles. The second kappa shape index (κ2) is 9.91. The average molecular weight is 362 g/mol. The summed E-state index contributed by atoms with van der Waals surface area (Å²) in [5, 5.41) is 3.68. The van der Waals surface area contributed by atoms with Gasteiger partial charge < -0.3 is 20.7 Å². The monoisotopic (exact) mass is 361 g/mol. The van der Waals surface area contributed by atoms with E-state index in [4.69, 9.17) is 22.1 Å². The quantitative estimate of drug-likeness (QED) is 0.720. The third kappa shape index (κ3) is 5.96. The van der Waals surface area contributed by atoms with E-state index in [0.717, 1.165) is 6.42 Å². The molecule has 0 unspecified atom stereocenters. The molecule has 0 aliphatic heterocycles. The second-order valence-electron chi connectivity index (χ2n) is 5.60. The van der Waals surface area contributed by atoms with E-state index in [1.165, 1.54) is 5.56 Å². The maximum absolute atomic E-state index is 12.5. The number of hydrogen-bond acceptors (Lipinski definition) is 4. The Balaban J connectivity index is 1.94. The summed E-state index contributed by atoms with van der Waals surface area (Å²) >= 11 is 6.01. The molecule has 5 nitrogen and oxygen atoms in total. The molecule has 0 fully saturated rings. The van der Waals surface area contributed by atoms with Crippen molar-refractivity contribution in [3.05, 3.63) is 59.1 Å². The Kier molecular flexibility index (Phi) is 7.57. The zero-order valence-electron chi connectivity index (χ0n) is 14.4. The van der Waals surface area contributed by atoms with Crippen molar-refractivity contribution in [1.29, 1.82) is 0 Å². The molecule has 2 aromatic rings. The third-order valence-electron chi connectivity index (χ3n) is 3.86. The number of methoxy groups -OCH3 is 1. The van der Waals surface area contributed by atoms with Gasteiger partial charge in [0.15, 0.2) is 0 Å². The van der Waals surface area contributed by atoms with Crippen LogP contribution in [0.1, 0.15) is 5.56 Å². The van der Waals surface area contributed by atoms with Gasteiger partial charge in [-0.3, -0.25) is 4.79 Å². The summed E-state index contributed by atoms with van der Waals surface area (Å²) in [6, 6.07) is 15.3. The zero-order chi connectivity index (χ0) is 18.1. The summed E-state index contributed by atoms with van der Waals surface area (Å²) in [7, 11) is 1.58. The highest BCUT2D eigenvalue weighted by Gasteiger charge is 2.13. The van der Waals surface area contributed by atoms with Crippen LogP contribution in [0.2, 0.25) is 5.02 Å². The molecule has 0 radical (unpaired) electrons. The lowest BCUT2D eigenvalue weighted by atomic mass is 10.1. The Hall–Kier alpha value is -2.24. The van der Waals surface area contributed by atoms with Crippen LogP contribution in [0.3, 0.4) is 0 Å². The van der Waals surface area contributed by atoms with Gasteiger partial charge in [0.1, 0.15) is 5.75 Å². The van der Waals surface area contributed by atoms with E-state index in [1.807, 2.05) is 18.2 Å². The number of benzene rings is 2. The third-order valence-corrected chi connectivity index (χ3v) is 4.09. The van der Waals surface area contributed by atoms with E-state index < -0.39 is 0 Å². The number of nitrogens with two attached hydrogens (primary N) is 1. The van der Waals surface area contributed by atoms with Crippen molar-refractivity contribution in [3.8, 4) is 5.75 Å². The van der Waals surface area contributed by atoms with Gasteiger partial charge in [0.25, 0.3) is 0 Å². The highest BCUT2D eigenvalue weighted by Crippen LogP contribution is 2.27. The summed E-state index contributed by atoms with van der Waals surface area (Å²) < 4.78 is 5.28. The molecular weight excluding hydrogens is 338 g/mol. The van der Waals surface area contributed by atoms with Crippen LogP contribution in [-0.4, -0.2) is 44.1 Å².